The maximum Gasteiger partial charge on any atom is 0.302 e. The number of fused-ring (bicyclic) bond motifs is 2. The van der Waals surface area contributed by atoms with Crippen LogP contribution in [-0.2, 0) is 0 Å². The summed E-state index contributed by atoms with van der Waals surface area (Å²) in [5, 5.41) is 3.31. The molecule has 0 aliphatic carbocycles. The van der Waals surface area contributed by atoms with Crippen LogP contribution in [-0.4, -0.2) is 10.9 Å². The van der Waals surface area contributed by atoms with Crippen molar-refractivity contribution in [2.24, 2.45) is 0 Å². The van der Waals surface area contributed by atoms with Crippen LogP contribution in [0.2, 0.25) is 0 Å². The van der Waals surface area contributed by atoms with Gasteiger partial charge in [-0.05, 0) is 31.2 Å². The van der Waals surface area contributed by atoms with E-state index in [0.29, 0.717) is 16.8 Å². The number of hydrogen-bond acceptors (Lipinski definition) is 5. The number of para-hydroxylation sites is 1. The van der Waals surface area contributed by atoms with E-state index in [-0.39, 0.29) is 22.4 Å². The topological polar surface area (TPSA) is 85.3 Å². The van der Waals surface area contributed by atoms with E-state index in [2.05, 4.69) is 10.3 Å². The Morgan fingerprint density at radius 1 is 1.04 bits per heavy atom. The number of amides is 1. The van der Waals surface area contributed by atoms with Crippen LogP contribution in [0.3, 0.4) is 0 Å². The molecule has 1 N–H and O–H groups in total. The zero-order valence-corrected chi connectivity index (χ0v) is 12.7. The number of rotatable bonds is 2. The van der Waals surface area contributed by atoms with Crippen LogP contribution in [0, 0.1) is 6.92 Å². The second-order valence-corrected chi connectivity index (χ2v) is 5.36. The summed E-state index contributed by atoms with van der Waals surface area (Å²) >= 11 is 0. The number of hydrogen-bond donors (Lipinski definition) is 1. The summed E-state index contributed by atoms with van der Waals surface area (Å²) in [5.74, 6) is -0.0710. The molecule has 0 atom stereocenters. The molecule has 0 spiro atoms. The maximum absolute atomic E-state index is 12.5. The first-order chi connectivity index (χ1) is 11.6. The van der Waals surface area contributed by atoms with Crippen LogP contribution < -0.4 is 10.7 Å². The van der Waals surface area contributed by atoms with Gasteiger partial charge in [-0.1, -0.05) is 18.2 Å². The molecule has 1 amide bonds. The molecular formula is C18H12N2O4. The predicted molar refractivity (Wildman–Crippen MR) is 89.2 cm³/mol. The van der Waals surface area contributed by atoms with Gasteiger partial charge in [0.05, 0.1) is 5.39 Å². The Hall–Kier alpha value is -3.41. The summed E-state index contributed by atoms with van der Waals surface area (Å²) < 4.78 is 11.0. The summed E-state index contributed by atoms with van der Waals surface area (Å²) in [6, 6.07) is 13.5. The van der Waals surface area contributed by atoms with Crippen LogP contribution >= 0.6 is 0 Å². The number of aryl methyl sites for hydroxylation is 1. The third-order valence-electron chi connectivity index (χ3n) is 3.63. The molecule has 3 aromatic heterocycles. The third kappa shape index (κ3) is 2.34. The Bertz CT molecular complexity index is 1140. The molecule has 0 bridgehead atoms. The van der Waals surface area contributed by atoms with Gasteiger partial charge in [0.1, 0.15) is 16.8 Å². The van der Waals surface area contributed by atoms with Crippen molar-refractivity contribution in [1.29, 1.82) is 0 Å². The number of furan rings is 1. The summed E-state index contributed by atoms with van der Waals surface area (Å²) in [4.78, 5) is 29.0. The average Bonchev–Trinajstić information content (AvgIpc) is 3.00. The Kier molecular flexibility index (Phi) is 3.16. The van der Waals surface area contributed by atoms with Crippen molar-refractivity contribution in [2.45, 2.75) is 6.92 Å². The van der Waals surface area contributed by atoms with Gasteiger partial charge in [0.2, 0.25) is 5.43 Å². The zero-order valence-electron chi connectivity index (χ0n) is 12.7. The van der Waals surface area contributed by atoms with Crippen molar-refractivity contribution in [3.8, 4) is 0 Å². The molecule has 6 nitrogen and oxygen atoms in total. The molecule has 0 fully saturated rings. The fourth-order valence-corrected chi connectivity index (χ4v) is 2.50. The Labute approximate surface area is 135 Å². The zero-order chi connectivity index (χ0) is 16.7. The van der Waals surface area contributed by atoms with Gasteiger partial charge in [-0.3, -0.25) is 9.59 Å². The quantitative estimate of drug-likeness (QED) is 0.611. The first-order valence-electron chi connectivity index (χ1n) is 7.32. The maximum atomic E-state index is 12.5. The molecule has 0 saturated carbocycles. The van der Waals surface area contributed by atoms with Crippen LogP contribution in [0.5, 0.6) is 0 Å². The molecule has 0 aliphatic rings. The lowest BCUT2D eigenvalue weighted by molar-refractivity contribution is 0.0996. The molecule has 4 aromatic rings. The van der Waals surface area contributed by atoms with E-state index in [9.17, 15) is 9.59 Å². The number of pyridine rings is 1. The van der Waals surface area contributed by atoms with Crippen molar-refractivity contribution in [1.82, 2.24) is 4.98 Å². The molecule has 24 heavy (non-hydrogen) atoms. The molecule has 4 rings (SSSR count). The van der Waals surface area contributed by atoms with Crippen molar-refractivity contribution >= 4 is 33.9 Å². The van der Waals surface area contributed by atoms with E-state index >= 15 is 0 Å². The van der Waals surface area contributed by atoms with Crippen LogP contribution in [0.15, 0.2) is 62.2 Å². The molecule has 0 saturated heterocycles. The highest BCUT2D eigenvalue weighted by Gasteiger charge is 2.18. The third-order valence-corrected chi connectivity index (χ3v) is 3.63. The Morgan fingerprint density at radius 2 is 1.88 bits per heavy atom. The monoisotopic (exact) mass is 320 g/mol. The number of benzene rings is 1. The Morgan fingerprint density at radius 3 is 2.71 bits per heavy atom. The lowest BCUT2D eigenvalue weighted by Gasteiger charge is -2.02. The first kappa shape index (κ1) is 14.2. The van der Waals surface area contributed by atoms with Crippen LogP contribution in [0.4, 0.5) is 5.82 Å². The van der Waals surface area contributed by atoms with Crippen LogP contribution in [0.1, 0.15) is 16.2 Å². The van der Waals surface area contributed by atoms with Gasteiger partial charge in [0, 0.05) is 11.8 Å². The van der Waals surface area contributed by atoms with Gasteiger partial charge in [-0.25, -0.2) is 4.98 Å². The highest BCUT2D eigenvalue weighted by molar-refractivity contribution is 6.04. The molecule has 0 radical (unpaired) electrons. The molecule has 118 valence electrons. The number of carbonyl (C=O) groups is 1. The predicted octanol–water partition coefficient (Wildman–Crippen LogP) is 3.49. The fourth-order valence-electron chi connectivity index (χ4n) is 2.50. The van der Waals surface area contributed by atoms with Gasteiger partial charge < -0.3 is 14.2 Å². The van der Waals surface area contributed by atoms with Crippen LogP contribution in [0.25, 0.3) is 22.1 Å². The SMILES string of the molecule is Cc1cccc(NC(=O)c2cc3c(=O)c4ccccc4oc3o2)n1. The van der Waals surface area contributed by atoms with Crippen molar-refractivity contribution in [2.75, 3.05) is 5.32 Å². The van der Waals surface area contributed by atoms with Crippen molar-refractivity contribution in [3.63, 3.8) is 0 Å². The molecule has 0 aliphatic heterocycles. The summed E-state index contributed by atoms with van der Waals surface area (Å²) in [6.45, 7) is 1.82. The van der Waals surface area contributed by atoms with Gasteiger partial charge in [0.25, 0.3) is 5.91 Å². The number of aromatic nitrogens is 1. The summed E-state index contributed by atoms with van der Waals surface area (Å²) in [5.41, 5.74) is 0.959. The number of nitrogens with zero attached hydrogens (tertiary/aromatic N) is 1. The molecule has 3 heterocycles. The van der Waals surface area contributed by atoms with E-state index in [1.807, 2.05) is 13.0 Å². The number of carbonyl (C=O) groups excluding carboxylic acids is 1. The fraction of sp³-hybridized carbons (Fsp3) is 0.0556. The lowest BCUT2D eigenvalue weighted by Crippen LogP contribution is -2.12. The normalized spacial score (nSPS) is 11.0. The Balaban J connectivity index is 1.77. The van der Waals surface area contributed by atoms with Gasteiger partial charge >= 0.3 is 5.78 Å². The highest BCUT2D eigenvalue weighted by atomic mass is 16.5. The van der Waals surface area contributed by atoms with E-state index in [0.717, 1.165) is 5.69 Å². The van der Waals surface area contributed by atoms with E-state index in [4.69, 9.17) is 8.83 Å². The largest absolute Gasteiger partial charge is 0.425 e. The number of nitrogens with one attached hydrogen (secondary N) is 1. The van der Waals surface area contributed by atoms with E-state index < -0.39 is 5.91 Å². The number of anilines is 1. The molecular weight excluding hydrogens is 308 g/mol. The van der Waals surface area contributed by atoms with Gasteiger partial charge in [0.15, 0.2) is 5.76 Å². The first-order valence-corrected chi connectivity index (χ1v) is 7.32. The van der Waals surface area contributed by atoms with E-state index in [1.54, 1.807) is 36.4 Å². The highest BCUT2D eigenvalue weighted by Crippen LogP contribution is 2.22. The van der Waals surface area contributed by atoms with Gasteiger partial charge in [-0.15, -0.1) is 0 Å². The second kappa shape index (κ2) is 5.34. The second-order valence-electron chi connectivity index (χ2n) is 5.36. The summed E-state index contributed by atoms with van der Waals surface area (Å²) in [7, 11) is 0. The smallest absolute Gasteiger partial charge is 0.302 e. The standard InChI is InChI=1S/C18H12N2O4/c1-10-5-4-8-15(19-10)20-17(22)14-9-12-16(21)11-6-2-3-7-13(11)23-18(12)24-14/h2-9H,1H3,(H,19,20,22). The minimum Gasteiger partial charge on any atom is -0.425 e. The van der Waals surface area contributed by atoms with Gasteiger partial charge in [-0.2, -0.15) is 0 Å². The minimum atomic E-state index is -0.497. The summed E-state index contributed by atoms with van der Waals surface area (Å²) in [6.07, 6.45) is 0. The van der Waals surface area contributed by atoms with Crippen molar-refractivity contribution < 1.29 is 13.6 Å². The van der Waals surface area contributed by atoms with E-state index in [1.165, 1.54) is 6.07 Å². The molecule has 6 heteroatoms. The average molecular weight is 320 g/mol. The molecule has 0 unspecified atom stereocenters. The minimum absolute atomic E-state index is 0.00976. The molecule has 1 aromatic carbocycles. The lowest BCUT2D eigenvalue weighted by atomic mass is 10.2. The van der Waals surface area contributed by atoms with Crippen molar-refractivity contribution in [3.05, 3.63) is 70.2 Å².